The molecule has 11 heavy (non-hydrogen) atoms. The van der Waals surface area contributed by atoms with E-state index in [1.807, 2.05) is 20.2 Å². The number of benzene rings is 1. The monoisotopic (exact) mass is 150 g/mol. The topological polar surface area (TPSA) is 24.1 Å². The van der Waals surface area contributed by atoms with E-state index in [9.17, 15) is 0 Å². The van der Waals surface area contributed by atoms with Gasteiger partial charge in [-0.3, -0.25) is 0 Å². The first-order valence-electron chi connectivity index (χ1n) is 3.74. The zero-order valence-corrected chi connectivity index (χ0v) is 7.23. The molecule has 0 aliphatic heterocycles. The van der Waals surface area contributed by atoms with Gasteiger partial charge in [0, 0.05) is 25.5 Å². The maximum absolute atomic E-state index is 3.13. The van der Waals surface area contributed by atoms with E-state index in [0.717, 1.165) is 0 Å². The predicted octanol–water partition coefficient (Wildman–Crippen LogP) is 2.08. The molecule has 60 valence electrons. The van der Waals surface area contributed by atoms with E-state index in [-0.39, 0.29) is 0 Å². The van der Waals surface area contributed by atoms with Crippen LogP contribution in [0.4, 0.5) is 11.4 Å². The molecular weight excluding hydrogens is 136 g/mol. The molecule has 0 unspecified atom stereocenters. The van der Waals surface area contributed by atoms with E-state index < -0.39 is 0 Å². The molecule has 1 aromatic carbocycles. The fraction of sp³-hybridized carbons (Fsp3) is 0.333. The van der Waals surface area contributed by atoms with Crippen molar-refractivity contribution < 1.29 is 0 Å². The lowest BCUT2D eigenvalue weighted by Gasteiger charge is -2.09. The molecule has 0 spiro atoms. The van der Waals surface area contributed by atoms with Crippen LogP contribution in [0.2, 0.25) is 0 Å². The molecule has 0 bridgehead atoms. The Labute approximate surface area is 67.6 Å². The van der Waals surface area contributed by atoms with Crippen LogP contribution >= 0.6 is 0 Å². The highest BCUT2D eigenvalue weighted by Crippen LogP contribution is 2.21. The zero-order valence-electron chi connectivity index (χ0n) is 7.23. The Morgan fingerprint density at radius 3 is 1.82 bits per heavy atom. The number of hydrogen-bond acceptors (Lipinski definition) is 2. The van der Waals surface area contributed by atoms with Crippen molar-refractivity contribution >= 4 is 11.4 Å². The summed E-state index contributed by atoms with van der Waals surface area (Å²) in [5.74, 6) is 0. The summed E-state index contributed by atoms with van der Waals surface area (Å²) in [7, 11) is 3.86. The fourth-order valence-electron chi connectivity index (χ4n) is 1.18. The lowest BCUT2D eigenvalue weighted by atomic mass is 10.1. The number of nitrogens with one attached hydrogen (secondary N) is 2. The van der Waals surface area contributed by atoms with Crippen LogP contribution in [-0.4, -0.2) is 14.1 Å². The van der Waals surface area contributed by atoms with Crippen molar-refractivity contribution in [2.45, 2.75) is 6.92 Å². The third kappa shape index (κ3) is 1.45. The second kappa shape index (κ2) is 3.28. The van der Waals surface area contributed by atoms with Crippen molar-refractivity contribution in [3.63, 3.8) is 0 Å². The van der Waals surface area contributed by atoms with Crippen LogP contribution in [0.25, 0.3) is 0 Å². The zero-order chi connectivity index (χ0) is 8.27. The molecule has 0 atom stereocenters. The molecule has 2 N–H and O–H groups in total. The molecule has 0 aliphatic rings. The van der Waals surface area contributed by atoms with Gasteiger partial charge in [-0.2, -0.15) is 0 Å². The van der Waals surface area contributed by atoms with E-state index in [1.54, 1.807) is 0 Å². The van der Waals surface area contributed by atoms with E-state index in [4.69, 9.17) is 0 Å². The molecule has 1 rings (SSSR count). The minimum absolute atomic E-state index is 1.18. The normalized spacial score (nSPS) is 9.36. The molecule has 0 fully saturated rings. The van der Waals surface area contributed by atoms with Gasteiger partial charge in [0.1, 0.15) is 0 Å². The van der Waals surface area contributed by atoms with Crippen molar-refractivity contribution in [1.82, 2.24) is 0 Å². The van der Waals surface area contributed by atoms with Crippen LogP contribution in [0.15, 0.2) is 18.2 Å². The minimum atomic E-state index is 1.18. The van der Waals surface area contributed by atoms with Gasteiger partial charge in [-0.25, -0.2) is 0 Å². The summed E-state index contributed by atoms with van der Waals surface area (Å²) >= 11 is 0. The van der Waals surface area contributed by atoms with Crippen LogP contribution in [0.1, 0.15) is 5.56 Å². The van der Waals surface area contributed by atoms with E-state index in [0.29, 0.717) is 0 Å². The van der Waals surface area contributed by atoms with Gasteiger partial charge in [0.25, 0.3) is 0 Å². The summed E-state index contributed by atoms with van der Waals surface area (Å²) in [6, 6.07) is 6.16. The Kier molecular flexibility index (Phi) is 2.36. The van der Waals surface area contributed by atoms with Crippen molar-refractivity contribution in [1.29, 1.82) is 0 Å². The van der Waals surface area contributed by atoms with Crippen LogP contribution in [0.5, 0.6) is 0 Å². The first kappa shape index (κ1) is 7.92. The van der Waals surface area contributed by atoms with Crippen LogP contribution in [0, 0.1) is 6.92 Å². The Morgan fingerprint density at radius 2 is 1.45 bits per heavy atom. The maximum atomic E-state index is 3.13. The van der Waals surface area contributed by atoms with Crippen molar-refractivity contribution in [3.05, 3.63) is 23.8 Å². The summed E-state index contributed by atoms with van der Waals surface area (Å²) < 4.78 is 0. The van der Waals surface area contributed by atoms with E-state index >= 15 is 0 Å². The largest absolute Gasteiger partial charge is 0.388 e. The van der Waals surface area contributed by atoms with Gasteiger partial charge in [0.05, 0.1) is 0 Å². The molecule has 0 saturated heterocycles. The molecule has 2 nitrogen and oxygen atoms in total. The van der Waals surface area contributed by atoms with Gasteiger partial charge in [-0.15, -0.1) is 0 Å². The summed E-state index contributed by atoms with van der Waals surface area (Å²) in [6.07, 6.45) is 0. The van der Waals surface area contributed by atoms with Gasteiger partial charge in [-0.05, 0) is 24.6 Å². The SMILES string of the molecule is CNc1cccc(NC)c1C. The highest BCUT2D eigenvalue weighted by atomic mass is 14.9. The third-order valence-corrected chi connectivity index (χ3v) is 1.87. The molecule has 0 radical (unpaired) electrons. The Balaban J connectivity index is 3.10. The molecule has 0 amide bonds. The molecular formula is C9H14N2. The summed E-state index contributed by atoms with van der Waals surface area (Å²) in [6.45, 7) is 2.09. The minimum Gasteiger partial charge on any atom is -0.388 e. The summed E-state index contributed by atoms with van der Waals surface area (Å²) in [5, 5.41) is 6.26. The molecule has 2 heteroatoms. The van der Waals surface area contributed by atoms with Crippen molar-refractivity contribution in [2.75, 3.05) is 24.7 Å². The smallest absolute Gasteiger partial charge is 0.0388 e. The average molecular weight is 150 g/mol. The average Bonchev–Trinajstić information content (AvgIpc) is 2.05. The van der Waals surface area contributed by atoms with Crippen molar-refractivity contribution in [2.24, 2.45) is 0 Å². The highest BCUT2D eigenvalue weighted by molar-refractivity contribution is 5.64. The van der Waals surface area contributed by atoms with Crippen molar-refractivity contribution in [3.8, 4) is 0 Å². The molecule has 0 aromatic heterocycles. The van der Waals surface area contributed by atoms with Crippen LogP contribution in [-0.2, 0) is 0 Å². The van der Waals surface area contributed by atoms with Gasteiger partial charge in [-0.1, -0.05) is 6.07 Å². The van der Waals surface area contributed by atoms with Crippen LogP contribution in [0.3, 0.4) is 0 Å². The second-order valence-electron chi connectivity index (χ2n) is 2.48. The third-order valence-electron chi connectivity index (χ3n) is 1.87. The predicted molar refractivity (Wildman–Crippen MR) is 50.3 cm³/mol. The first-order chi connectivity index (χ1) is 5.29. The van der Waals surface area contributed by atoms with Gasteiger partial charge < -0.3 is 10.6 Å². The standard InChI is InChI=1S/C9H14N2/c1-7-8(10-2)5-4-6-9(7)11-3/h4-6,10-11H,1-3H3. The molecule has 0 aliphatic carbocycles. The second-order valence-corrected chi connectivity index (χ2v) is 2.48. The summed E-state index contributed by atoms with van der Waals surface area (Å²) in [4.78, 5) is 0. The van der Waals surface area contributed by atoms with Crippen LogP contribution < -0.4 is 10.6 Å². The summed E-state index contributed by atoms with van der Waals surface area (Å²) in [5.41, 5.74) is 3.62. The van der Waals surface area contributed by atoms with E-state index in [2.05, 4.69) is 29.7 Å². The quantitative estimate of drug-likeness (QED) is 0.674. The van der Waals surface area contributed by atoms with Gasteiger partial charge >= 0.3 is 0 Å². The molecule has 0 saturated carbocycles. The lowest BCUT2D eigenvalue weighted by molar-refractivity contribution is 1.37. The molecule has 0 heterocycles. The lowest BCUT2D eigenvalue weighted by Crippen LogP contribution is -1.96. The maximum Gasteiger partial charge on any atom is 0.0388 e. The number of hydrogen-bond donors (Lipinski definition) is 2. The Bertz CT molecular complexity index is 221. The Hall–Kier alpha value is -1.18. The highest BCUT2D eigenvalue weighted by Gasteiger charge is 1.98. The number of anilines is 2. The van der Waals surface area contributed by atoms with E-state index in [1.165, 1.54) is 16.9 Å². The Morgan fingerprint density at radius 1 is 1.00 bits per heavy atom. The van der Waals surface area contributed by atoms with Gasteiger partial charge in [0.15, 0.2) is 0 Å². The first-order valence-corrected chi connectivity index (χ1v) is 3.74. The fourth-order valence-corrected chi connectivity index (χ4v) is 1.18. The molecule has 1 aromatic rings. The number of rotatable bonds is 2. The van der Waals surface area contributed by atoms with Gasteiger partial charge in [0.2, 0.25) is 0 Å².